The summed E-state index contributed by atoms with van der Waals surface area (Å²) in [5, 5.41) is 15.4. The number of amides is 3. The molecule has 1 saturated carbocycles. The number of ether oxygens (including phenoxy) is 1. The second-order valence-electron chi connectivity index (χ2n) is 10.1. The summed E-state index contributed by atoms with van der Waals surface area (Å²) in [5.41, 5.74) is -0.209. The van der Waals surface area contributed by atoms with Gasteiger partial charge < -0.3 is 20.6 Å². The lowest BCUT2D eigenvalue weighted by atomic mass is 9.95. The Bertz CT molecular complexity index is 814. The van der Waals surface area contributed by atoms with Gasteiger partial charge in [-0.05, 0) is 49.9 Å². The van der Waals surface area contributed by atoms with Gasteiger partial charge in [-0.15, -0.1) is 13.2 Å². The van der Waals surface area contributed by atoms with Crippen LogP contribution in [-0.4, -0.2) is 77.8 Å². The Hall–Kier alpha value is -2.21. The van der Waals surface area contributed by atoms with Gasteiger partial charge in [-0.25, -0.2) is 0 Å². The summed E-state index contributed by atoms with van der Waals surface area (Å²) < 4.78 is 41.0. The molecule has 0 aromatic heterocycles. The molecule has 34 heavy (non-hydrogen) atoms. The van der Waals surface area contributed by atoms with Crippen LogP contribution in [-0.2, 0) is 23.9 Å². The first kappa shape index (κ1) is 26.4. The van der Waals surface area contributed by atoms with Crippen molar-refractivity contribution >= 4 is 23.5 Å². The maximum atomic E-state index is 13.2. The van der Waals surface area contributed by atoms with Crippen molar-refractivity contribution in [2.45, 2.75) is 76.9 Å². The minimum Gasteiger partial charge on any atom is -0.383 e. The van der Waals surface area contributed by atoms with Crippen molar-refractivity contribution in [1.82, 2.24) is 15.5 Å². The number of aliphatic hydroxyl groups is 1. The first-order valence-electron chi connectivity index (χ1n) is 11.6. The molecule has 0 radical (unpaired) electrons. The van der Waals surface area contributed by atoms with E-state index in [-0.39, 0.29) is 30.1 Å². The molecular weight excluding hydrogens is 459 g/mol. The van der Waals surface area contributed by atoms with E-state index in [0.717, 1.165) is 12.8 Å². The van der Waals surface area contributed by atoms with Gasteiger partial charge in [0.25, 0.3) is 5.91 Å². The third-order valence-corrected chi connectivity index (χ3v) is 6.80. The number of hydrogen-bond acceptors (Lipinski definition) is 6. The molecule has 1 aliphatic carbocycles. The molecule has 1 spiro atoms. The lowest BCUT2D eigenvalue weighted by Crippen LogP contribution is -2.53. The van der Waals surface area contributed by atoms with Crippen LogP contribution in [0.5, 0.6) is 0 Å². The van der Waals surface area contributed by atoms with Crippen LogP contribution in [0.1, 0.15) is 52.4 Å². The minimum atomic E-state index is -5.02. The Morgan fingerprint density at radius 3 is 2.50 bits per heavy atom. The lowest BCUT2D eigenvalue weighted by Gasteiger charge is -2.28. The molecule has 4 atom stereocenters. The predicted octanol–water partition coefficient (Wildman–Crippen LogP) is 0.891. The largest absolute Gasteiger partial charge is 0.522 e. The summed E-state index contributed by atoms with van der Waals surface area (Å²) >= 11 is 0. The topological polar surface area (TPSA) is 125 Å². The number of alkyl halides is 3. The van der Waals surface area contributed by atoms with Crippen LogP contribution in [0.4, 0.5) is 13.2 Å². The third-order valence-electron chi connectivity index (χ3n) is 6.80. The molecule has 2 saturated heterocycles. The number of nitrogens with one attached hydrogen (secondary N) is 2. The molecule has 0 aromatic carbocycles. The van der Waals surface area contributed by atoms with E-state index in [9.17, 15) is 37.5 Å². The van der Waals surface area contributed by atoms with Crippen molar-refractivity contribution in [1.29, 1.82) is 0 Å². The summed E-state index contributed by atoms with van der Waals surface area (Å²) in [6, 6.07) is -2.33. The maximum absolute atomic E-state index is 13.2. The maximum Gasteiger partial charge on any atom is 0.522 e. The number of carbonyl (C=O) groups excluding carboxylic acids is 4. The molecular formula is C22H32F3N3O6. The van der Waals surface area contributed by atoms with Crippen molar-refractivity contribution in [2.75, 3.05) is 19.7 Å². The molecule has 2 unspecified atom stereocenters. The fourth-order valence-electron chi connectivity index (χ4n) is 4.75. The number of hydrogen-bond donors (Lipinski definition) is 3. The first-order chi connectivity index (χ1) is 15.8. The number of carbonyl (C=O) groups is 4. The number of ketones is 1. The Morgan fingerprint density at radius 1 is 1.29 bits per heavy atom. The van der Waals surface area contributed by atoms with E-state index in [4.69, 9.17) is 0 Å². The number of halogens is 3. The summed E-state index contributed by atoms with van der Waals surface area (Å²) in [6.45, 7) is 3.09. The Morgan fingerprint density at radius 2 is 1.97 bits per heavy atom. The average Bonchev–Trinajstić information content (AvgIpc) is 3.19. The van der Waals surface area contributed by atoms with Gasteiger partial charge >= 0.3 is 6.36 Å². The van der Waals surface area contributed by atoms with Crippen LogP contribution in [0.25, 0.3) is 0 Å². The smallest absolute Gasteiger partial charge is 0.383 e. The Balaban J connectivity index is 1.73. The van der Waals surface area contributed by atoms with E-state index >= 15 is 0 Å². The minimum absolute atomic E-state index is 0.0527. The van der Waals surface area contributed by atoms with Gasteiger partial charge in [0.1, 0.15) is 18.8 Å². The van der Waals surface area contributed by atoms with E-state index < -0.39 is 54.7 Å². The monoisotopic (exact) mass is 491 g/mol. The molecule has 3 N–H and O–H groups in total. The highest BCUT2D eigenvalue weighted by atomic mass is 19.4. The molecule has 2 aliphatic heterocycles. The normalized spacial score (nSPS) is 25.4. The van der Waals surface area contributed by atoms with Crippen molar-refractivity contribution in [3.63, 3.8) is 0 Å². The van der Waals surface area contributed by atoms with Gasteiger partial charge in [-0.1, -0.05) is 13.8 Å². The molecule has 9 nitrogen and oxygen atoms in total. The predicted molar refractivity (Wildman–Crippen MR) is 112 cm³/mol. The zero-order chi connectivity index (χ0) is 25.3. The molecule has 3 rings (SSSR count). The van der Waals surface area contributed by atoms with E-state index in [0.29, 0.717) is 25.9 Å². The van der Waals surface area contributed by atoms with E-state index in [2.05, 4.69) is 15.4 Å². The molecule has 0 aromatic rings. The van der Waals surface area contributed by atoms with Gasteiger partial charge in [0, 0.05) is 19.0 Å². The van der Waals surface area contributed by atoms with Crippen LogP contribution < -0.4 is 10.6 Å². The van der Waals surface area contributed by atoms with E-state index in [1.807, 2.05) is 13.8 Å². The number of Topliss-reactive ketones (excluding diaryl/α,β-unsaturated/α-hetero) is 1. The first-order valence-corrected chi connectivity index (χ1v) is 11.6. The zero-order valence-electron chi connectivity index (χ0n) is 19.3. The summed E-state index contributed by atoms with van der Waals surface area (Å²) in [7, 11) is 0. The fraction of sp³-hybridized carbons (Fsp3) is 0.818. The molecule has 12 heteroatoms. The molecule has 3 amide bonds. The number of rotatable bonds is 10. The van der Waals surface area contributed by atoms with Gasteiger partial charge in [0.2, 0.25) is 11.8 Å². The van der Waals surface area contributed by atoms with Crippen LogP contribution in [0.2, 0.25) is 0 Å². The second-order valence-corrected chi connectivity index (χ2v) is 10.1. The van der Waals surface area contributed by atoms with Gasteiger partial charge in [0.15, 0.2) is 5.78 Å². The lowest BCUT2D eigenvalue weighted by molar-refractivity contribution is -0.321. The highest BCUT2D eigenvalue weighted by Crippen LogP contribution is 2.55. The van der Waals surface area contributed by atoms with Crippen molar-refractivity contribution in [2.24, 2.45) is 17.3 Å². The Labute approximate surface area is 195 Å². The highest BCUT2D eigenvalue weighted by Gasteiger charge is 2.56. The van der Waals surface area contributed by atoms with Crippen molar-refractivity contribution in [3.8, 4) is 0 Å². The fourth-order valence-corrected chi connectivity index (χ4v) is 4.75. The number of aliphatic hydroxyl groups excluding tert-OH is 1. The quantitative estimate of drug-likeness (QED) is 0.417. The standard InChI is InChI=1S/C22H32F3N3O6/c1-12(2)7-16(29)20(33)28-11-21(4-5-21)9-15(28)19(32)27-14(8-13-3-6-26-18(13)31)17(30)10-34-22(23,24)25/h12-16,29H,3-11H2,1-2H3,(H,26,31)(H,27,32)/t13-,14?,15-,16?/m0/s1. The summed E-state index contributed by atoms with van der Waals surface area (Å²) in [6.07, 6.45) is -3.85. The van der Waals surface area contributed by atoms with Crippen LogP contribution in [0.15, 0.2) is 0 Å². The van der Waals surface area contributed by atoms with Crippen molar-refractivity contribution in [3.05, 3.63) is 0 Å². The molecule has 2 heterocycles. The number of likely N-dealkylation sites (tertiary alicyclic amines) is 1. The summed E-state index contributed by atoms with van der Waals surface area (Å²) in [5.74, 6) is -3.19. The van der Waals surface area contributed by atoms with Crippen molar-refractivity contribution < 1.29 is 42.2 Å². The molecule has 192 valence electrons. The van der Waals surface area contributed by atoms with Crippen LogP contribution in [0.3, 0.4) is 0 Å². The van der Waals surface area contributed by atoms with Crippen LogP contribution in [0, 0.1) is 17.3 Å². The molecule has 0 bridgehead atoms. The highest BCUT2D eigenvalue weighted by molar-refractivity contribution is 5.95. The van der Waals surface area contributed by atoms with E-state index in [1.165, 1.54) is 4.90 Å². The number of nitrogens with zero attached hydrogens (tertiary/aromatic N) is 1. The Kier molecular flexibility index (Phi) is 7.91. The molecule has 3 aliphatic rings. The second kappa shape index (κ2) is 10.2. The summed E-state index contributed by atoms with van der Waals surface area (Å²) in [4.78, 5) is 51.9. The van der Waals surface area contributed by atoms with E-state index in [1.54, 1.807) is 0 Å². The SMILES string of the molecule is CC(C)CC(O)C(=O)N1CC2(CC2)C[C@H]1C(=O)NC(C[C@@H]1CCNC1=O)C(=O)COC(F)(F)F. The third kappa shape index (κ3) is 6.68. The van der Waals surface area contributed by atoms with Gasteiger partial charge in [-0.3, -0.25) is 23.9 Å². The van der Waals surface area contributed by atoms with Gasteiger partial charge in [-0.2, -0.15) is 0 Å². The zero-order valence-corrected chi connectivity index (χ0v) is 19.3. The van der Waals surface area contributed by atoms with Crippen LogP contribution >= 0.6 is 0 Å². The molecule has 3 fully saturated rings. The average molecular weight is 492 g/mol. The van der Waals surface area contributed by atoms with Gasteiger partial charge in [0.05, 0.1) is 6.04 Å².